The first-order chi connectivity index (χ1) is 8.59. The maximum atomic E-state index is 12.2. The summed E-state index contributed by atoms with van der Waals surface area (Å²) >= 11 is 3.35. The lowest BCUT2D eigenvalue weighted by molar-refractivity contribution is 0.101. The second kappa shape index (κ2) is 5.35. The van der Waals surface area contributed by atoms with Gasteiger partial charge in [-0.2, -0.15) is 0 Å². The quantitative estimate of drug-likeness (QED) is 0.943. The number of halogens is 1. The summed E-state index contributed by atoms with van der Waals surface area (Å²) in [7, 11) is 0. The molecule has 0 atom stereocenters. The maximum Gasteiger partial charge on any atom is 0.273 e. The SMILES string of the molecule is CC(C)n1cccc1C(=O)Nc1ncccc1Br. The third-order valence-corrected chi connectivity index (χ3v) is 3.20. The Morgan fingerprint density at radius 2 is 2.17 bits per heavy atom. The standard InChI is InChI=1S/C13H14BrN3O/c1-9(2)17-8-4-6-11(17)13(18)16-12-10(14)5-3-7-15-12/h3-9H,1-2H3,(H,15,16,18). The summed E-state index contributed by atoms with van der Waals surface area (Å²) < 4.78 is 2.69. The van der Waals surface area contributed by atoms with Gasteiger partial charge < -0.3 is 9.88 Å². The Balaban J connectivity index is 2.23. The lowest BCUT2D eigenvalue weighted by Crippen LogP contribution is -2.18. The molecule has 0 aromatic carbocycles. The number of aromatic nitrogens is 2. The van der Waals surface area contributed by atoms with Gasteiger partial charge in [0.05, 0.1) is 4.47 Å². The number of anilines is 1. The maximum absolute atomic E-state index is 12.2. The number of hydrogen-bond acceptors (Lipinski definition) is 2. The Kier molecular flexibility index (Phi) is 3.81. The fraction of sp³-hybridized carbons (Fsp3) is 0.231. The van der Waals surface area contributed by atoms with Crippen LogP contribution in [0.15, 0.2) is 41.1 Å². The zero-order valence-corrected chi connectivity index (χ0v) is 11.8. The number of rotatable bonds is 3. The van der Waals surface area contributed by atoms with Crippen molar-refractivity contribution in [3.8, 4) is 0 Å². The monoisotopic (exact) mass is 307 g/mol. The highest BCUT2D eigenvalue weighted by Crippen LogP contribution is 2.19. The summed E-state index contributed by atoms with van der Waals surface area (Å²) in [5, 5.41) is 2.79. The van der Waals surface area contributed by atoms with Crippen molar-refractivity contribution in [2.24, 2.45) is 0 Å². The van der Waals surface area contributed by atoms with Gasteiger partial charge in [0, 0.05) is 18.4 Å². The molecule has 94 valence electrons. The van der Waals surface area contributed by atoms with Crippen LogP contribution in [0.4, 0.5) is 5.82 Å². The minimum Gasteiger partial charge on any atom is -0.341 e. The van der Waals surface area contributed by atoms with Gasteiger partial charge in [-0.1, -0.05) is 0 Å². The van der Waals surface area contributed by atoms with Crippen molar-refractivity contribution >= 4 is 27.7 Å². The van der Waals surface area contributed by atoms with Crippen LogP contribution in [0.1, 0.15) is 30.4 Å². The molecule has 0 radical (unpaired) electrons. The average molecular weight is 308 g/mol. The predicted molar refractivity (Wildman–Crippen MR) is 74.7 cm³/mol. The van der Waals surface area contributed by atoms with Crippen LogP contribution in [0.3, 0.4) is 0 Å². The molecule has 4 nitrogen and oxygen atoms in total. The summed E-state index contributed by atoms with van der Waals surface area (Å²) in [5.74, 6) is 0.368. The van der Waals surface area contributed by atoms with Gasteiger partial charge in [-0.15, -0.1) is 0 Å². The highest BCUT2D eigenvalue weighted by Gasteiger charge is 2.14. The molecule has 0 spiro atoms. The summed E-state index contributed by atoms with van der Waals surface area (Å²) in [6.45, 7) is 4.07. The molecule has 5 heteroatoms. The van der Waals surface area contributed by atoms with Crippen molar-refractivity contribution in [1.82, 2.24) is 9.55 Å². The molecule has 1 N–H and O–H groups in total. The van der Waals surface area contributed by atoms with Crippen LogP contribution < -0.4 is 5.32 Å². The number of carbonyl (C=O) groups is 1. The van der Waals surface area contributed by atoms with E-state index in [0.29, 0.717) is 11.5 Å². The van der Waals surface area contributed by atoms with Crippen LogP contribution in [0.2, 0.25) is 0 Å². The van der Waals surface area contributed by atoms with E-state index in [1.54, 1.807) is 18.3 Å². The average Bonchev–Trinajstić information content (AvgIpc) is 2.81. The first-order valence-electron chi connectivity index (χ1n) is 5.68. The van der Waals surface area contributed by atoms with Gasteiger partial charge in [-0.05, 0) is 54.0 Å². The van der Waals surface area contributed by atoms with Gasteiger partial charge >= 0.3 is 0 Å². The van der Waals surface area contributed by atoms with E-state index >= 15 is 0 Å². The fourth-order valence-corrected chi connectivity index (χ4v) is 2.04. The summed E-state index contributed by atoms with van der Waals surface area (Å²) in [5.41, 5.74) is 0.627. The molecule has 0 aliphatic heterocycles. The van der Waals surface area contributed by atoms with E-state index in [1.807, 2.05) is 36.7 Å². The predicted octanol–water partition coefficient (Wildman–Crippen LogP) is 3.48. The minimum absolute atomic E-state index is 0.159. The van der Waals surface area contributed by atoms with Crippen molar-refractivity contribution in [2.45, 2.75) is 19.9 Å². The molecule has 2 aromatic rings. The first kappa shape index (κ1) is 12.8. The molecule has 0 aliphatic carbocycles. The number of carbonyl (C=O) groups excluding carboxylic acids is 1. The molecule has 2 rings (SSSR count). The molecule has 2 heterocycles. The second-order valence-corrected chi connectivity index (χ2v) is 5.04. The lowest BCUT2D eigenvalue weighted by atomic mass is 10.3. The summed E-state index contributed by atoms with van der Waals surface area (Å²) in [6, 6.07) is 7.54. The van der Waals surface area contributed by atoms with E-state index in [4.69, 9.17) is 0 Å². The smallest absolute Gasteiger partial charge is 0.273 e. The Morgan fingerprint density at radius 3 is 2.83 bits per heavy atom. The molecule has 1 amide bonds. The third-order valence-electron chi connectivity index (χ3n) is 2.56. The molecule has 18 heavy (non-hydrogen) atoms. The summed E-state index contributed by atoms with van der Waals surface area (Å²) in [6.07, 6.45) is 3.54. The van der Waals surface area contributed by atoms with Crippen LogP contribution in [0, 0.1) is 0 Å². The number of nitrogens with one attached hydrogen (secondary N) is 1. The Labute approximate surface area is 114 Å². The molecular weight excluding hydrogens is 294 g/mol. The zero-order chi connectivity index (χ0) is 13.1. The summed E-state index contributed by atoms with van der Waals surface area (Å²) in [4.78, 5) is 16.3. The molecule has 2 aromatic heterocycles. The number of pyridine rings is 1. The Bertz CT molecular complexity index is 563. The lowest BCUT2D eigenvalue weighted by Gasteiger charge is -2.12. The van der Waals surface area contributed by atoms with Crippen LogP contribution in [-0.4, -0.2) is 15.5 Å². The number of hydrogen-bond donors (Lipinski definition) is 1. The van der Waals surface area contributed by atoms with Gasteiger partial charge in [0.25, 0.3) is 5.91 Å². The molecule has 0 unspecified atom stereocenters. The zero-order valence-electron chi connectivity index (χ0n) is 10.2. The number of nitrogens with zero attached hydrogens (tertiary/aromatic N) is 2. The van der Waals surface area contributed by atoms with Crippen LogP contribution >= 0.6 is 15.9 Å². The van der Waals surface area contributed by atoms with Gasteiger partial charge in [-0.25, -0.2) is 4.98 Å². The van der Waals surface area contributed by atoms with Gasteiger partial charge in [-0.3, -0.25) is 4.79 Å². The van der Waals surface area contributed by atoms with Crippen molar-refractivity contribution in [3.05, 3.63) is 46.8 Å². The van der Waals surface area contributed by atoms with Gasteiger partial charge in [0.1, 0.15) is 11.5 Å². The van der Waals surface area contributed by atoms with E-state index < -0.39 is 0 Å². The van der Waals surface area contributed by atoms with Crippen LogP contribution in [-0.2, 0) is 0 Å². The van der Waals surface area contributed by atoms with E-state index in [-0.39, 0.29) is 11.9 Å². The molecule has 0 saturated carbocycles. The van der Waals surface area contributed by atoms with Gasteiger partial charge in [0.15, 0.2) is 0 Å². The topological polar surface area (TPSA) is 46.9 Å². The van der Waals surface area contributed by atoms with Crippen molar-refractivity contribution < 1.29 is 4.79 Å². The van der Waals surface area contributed by atoms with Crippen molar-refractivity contribution in [1.29, 1.82) is 0 Å². The molecule has 0 bridgehead atoms. The number of amides is 1. The molecule has 0 aliphatic rings. The van der Waals surface area contributed by atoms with Crippen molar-refractivity contribution in [3.63, 3.8) is 0 Å². The fourth-order valence-electron chi connectivity index (χ4n) is 1.69. The third kappa shape index (κ3) is 2.61. The van der Waals surface area contributed by atoms with E-state index in [9.17, 15) is 4.79 Å². The van der Waals surface area contributed by atoms with Crippen LogP contribution in [0.25, 0.3) is 0 Å². The minimum atomic E-state index is -0.159. The Hall–Kier alpha value is -1.62. The highest BCUT2D eigenvalue weighted by molar-refractivity contribution is 9.10. The highest BCUT2D eigenvalue weighted by atomic mass is 79.9. The van der Waals surface area contributed by atoms with E-state index in [0.717, 1.165) is 4.47 Å². The first-order valence-corrected chi connectivity index (χ1v) is 6.47. The molecule has 0 fully saturated rings. The molecular formula is C13H14BrN3O. The Morgan fingerprint density at radius 1 is 1.39 bits per heavy atom. The van der Waals surface area contributed by atoms with Crippen LogP contribution in [0.5, 0.6) is 0 Å². The molecule has 0 saturated heterocycles. The van der Waals surface area contributed by atoms with Crippen molar-refractivity contribution in [2.75, 3.05) is 5.32 Å². The second-order valence-electron chi connectivity index (χ2n) is 4.18. The normalized spacial score (nSPS) is 10.7. The van der Waals surface area contributed by atoms with Gasteiger partial charge in [0.2, 0.25) is 0 Å². The van der Waals surface area contributed by atoms with E-state index in [2.05, 4.69) is 26.2 Å². The largest absolute Gasteiger partial charge is 0.341 e. The van der Waals surface area contributed by atoms with E-state index in [1.165, 1.54) is 0 Å².